The van der Waals surface area contributed by atoms with Gasteiger partial charge in [-0.05, 0) is 199 Å². The molecule has 656 valence electrons. The molecular weight excluding hydrogens is 1610 g/mol. The lowest BCUT2D eigenvalue weighted by Crippen LogP contribution is -2.52. The van der Waals surface area contributed by atoms with Gasteiger partial charge in [-0.3, -0.25) is 43.7 Å². The molecule has 3 aromatic carbocycles. The number of H-pyrrole nitrogens is 3. The highest BCUT2D eigenvalue weighted by Crippen LogP contribution is 2.60. The van der Waals surface area contributed by atoms with E-state index in [0.29, 0.717) is 117 Å². The van der Waals surface area contributed by atoms with Crippen LogP contribution >= 0.6 is 11.8 Å². The molecule has 3 amide bonds. The highest BCUT2D eigenvalue weighted by atomic mass is 32.2. The van der Waals surface area contributed by atoms with Crippen LogP contribution in [0.3, 0.4) is 0 Å². The number of carbonyl (C=O) groups is 6. The Balaban J connectivity index is 0.000000145. The number of benzene rings is 3. The zero-order valence-corrected chi connectivity index (χ0v) is 73.4. The fourth-order valence-electron chi connectivity index (χ4n) is 16.9. The Morgan fingerprint density at radius 3 is 1.44 bits per heavy atom. The van der Waals surface area contributed by atoms with Crippen LogP contribution in [0.5, 0.6) is 11.5 Å². The first-order valence-corrected chi connectivity index (χ1v) is 44.1. The number of aromatic nitrogens is 12. The summed E-state index contributed by atoms with van der Waals surface area (Å²) in [6.07, 6.45) is 17.1. The molecular formula is C93H110N18O13S. The quantitative estimate of drug-likeness (QED) is 0.0159. The number of hydrogen-bond acceptors (Lipinski definition) is 26. The summed E-state index contributed by atoms with van der Waals surface area (Å²) >= 11 is 1.71. The number of Topliss-reactive ketones (excluding diaryl/α,β-unsaturated/α-hetero) is 3. The Morgan fingerprint density at radius 2 is 0.968 bits per heavy atom. The fourth-order valence-corrected chi connectivity index (χ4v) is 17.9. The zero-order valence-electron chi connectivity index (χ0n) is 72.6. The third-order valence-corrected chi connectivity index (χ3v) is 25.7. The topological polar surface area (TPSA) is 388 Å². The smallest absolute Gasteiger partial charge is 0.263 e. The molecule has 5 fully saturated rings. The number of oxazole rings is 1. The molecule has 2 unspecified atom stereocenters. The summed E-state index contributed by atoms with van der Waals surface area (Å²) in [5.74, 6) is 5.97. The molecule has 12 heterocycles. The molecule has 2 spiro atoms. The lowest BCUT2D eigenvalue weighted by Gasteiger charge is -2.35. The van der Waals surface area contributed by atoms with Crippen LogP contribution in [0.25, 0.3) is 66.5 Å². The van der Waals surface area contributed by atoms with Gasteiger partial charge in [-0.1, -0.05) is 34.6 Å². The van der Waals surface area contributed by atoms with Crippen molar-refractivity contribution in [3.8, 4) is 45.3 Å². The second-order valence-corrected chi connectivity index (χ2v) is 35.2. The normalized spacial score (nSPS) is 17.4. The SMILES string of the molecule is COc1cc2nc(C)ccc2cc1-c1cnc([C@H](COCCCC(=O)c2cc(C)on2)NC(=O)C2CC23CCN(C)CC3)[nH]1.COc1cc2nc(C)ccc2cc1-c1cnc([C@H](COCCCC(=O)c2cc(C)on2)NC(=O)C2CN(C)C2)[nH]1.Cc1ccc2cc(-c3cnc([C@H](CSCCCC(=O)c4ncco4)NC(=O)C4CC45CCN(C)CC5)[nH]3)ccc2n1. The highest BCUT2D eigenvalue weighted by Gasteiger charge is 2.59. The number of likely N-dealkylation sites (tertiary alicyclic amines) is 3. The van der Waals surface area contributed by atoms with Crippen molar-refractivity contribution in [2.24, 2.45) is 28.6 Å². The predicted octanol–water partition coefficient (Wildman–Crippen LogP) is 13.7. The lowest BCUT2D eigenvalue weighted by atomic mass is 9.91. The molecule has 5 atom stereocenters. The third kappa shape index (κ3) is 21.8. The molecule has 3 aliphatic heterocycles. The van der Waals surface area contributed by atoms with E-state index >= 15 is 0 Å². The van der Waals surface area contributed by atoms with Crippen LogP contribution in [-0.2, 0) is 23.9 Å². The van der Waals surface area contributed by atoms with E-state index in [4.69, 9.17) is 37.4 Å². The number of thioether (sulfide) groups is 1. The maximum atomic E-state index is 13.5. The number of nitrogens with one attached hydrogen (secondary N) is 6. The summed E-state index contributed by atoms with van der Waals surface area (Å²) < 4.78 is 38.4. The minimum Gasteiger partial charge on any atom is -0.496 e. The van der Waals surface area contributed by atoms with Gasteiger partial charge in [0.15, 0.2) is 11.6 Å². The van der Waals surface area contributed by atoms with Gasteiger partial charge in [0.1, 0.15) is 70.2 Å². The van der Waals surface area contributed by atoms with Gasteiger partial charge in [-0.25, -0.2) is 19.9 Å². The van der Waals surface area contributed by atoms with Gasteiger partial charge < -0.3 is 78.0 Å². The van der Waals surface area contributed by atoms with Gasteiger partial charge in [-0.15, -0.1) is 0 Å². The van der Waals surface area contributed by atoms with E-state index in [1.54, 1.807) is 64.4 Å². The summed E-state index contributed by atoms with van der Waals surface area (Å²) in [7, 11) is 9.53. The maximum Gasteiger partial charge on any atom is 0.263 e. The molecule has 2 aliphatic carbocycles. The standard InChI is InChI=1S/C33H40N6O5.C31H36N6O3S.C29H34N6O5/c1-20-7-8-22-15-23(30(42-4)16-25(22)35-20)27-18-34-31(36-27)28(19-43-13-5-6-29(40)26-14-21(2)44-38-26)37-32(41)24-17-33(24)9-11-39(3)12-10-33;1-20-5-6-21-16-22(7-8-24(21)34-20)25-18-33-28(35-25)26(19-41-15-3-4-27(38)30-32-11-14-40-30)36-29(39)23-17-31(23)9-12-37(2)13-10-31;1-17-7-8-19-11-21(27(38-4)12-22(19)31-17)24-13-30-28(32-24)25(33-29(37)20-14-35(3)15-20)16-39-9-5-6-26(36)23-10-18(2)40-34-23/h7-8,14-16,18,24,28H,5-6,9-13,17,19H2,1-4H3,(H,34,36)(H,37,41);5-8,11,14,16,18,23,26H,3-4,9-10,12-13,15,17,19H2,1-2H3,(H,33,35)(H,36,39);7-8,10-13,20,25H,5-6,9,14-16H2,1-4H3,(H,30,32)(H,33,37)/t24?,28-;23?,26-;25-/m000/s1. The molecule has 3 saturated heterocycles. The van der Waals surface area contributed by atoms with Crippen molar-refractivity contribution in [1.82, 2.24) is 90.8 Å². The van der Waals surface area contributed by atoms with Gasteiger partial charge in [0.05, 0.1) is 97.8 Å². The van der Waals surface area contributed by atoms with Crippen molar-refractivity contribution in [2.75, 3.05) is 113 Å². The first-order valence-electron chi connectivity index (χ1n) is 42.9. The maximum absolute atomic E-state index is 13.5. The molecule has 5 aliphatic rings. The molecule has 0 bridgehead atoms. The van der Waals surface area contributed by atoms with Crippen LogP contribution in [-0.4, -0.2) is 222 Å². The number of ketones is 3. The van der Waals surface area contributed by atoms with Crippen molar-refractivity contribution in [3.63, 3.8) is 0 Å². The van der Waals surface area contributed by atoms with E-state index in [2.05, 4.69) is 112 Å². The predicted molar refractivity (Wildman–Crippen MR) is 472 cm³/mol. The number of nitrogens with zero attached hydrogens (tertiary/aromatic N) is 12. The van der Waals surface area contributed by atoms with E-state index in [9.17, 15) is 28.8 Å². The van der Waals surface area contributed by atoms with Gasteiger partial charge in [0, 0.05) is 137 Å². The summed E-state index contributed by atoms with van der Waals surface area (Å²) in [4.78, 5) is 126. The molecule has 32 heteroatoms. The van der Waals surface area contributed by atoms with Crippen molar-refractivity contribution in [3.05, 3.63) is 185 Å². The minimum atomic E-state index is -0.489. The number of pyridine rings is 3. The zero-order chi connectivity index (χ0) is 87.5. The molecule has 12 aromatic rings. The van der Waals surface area contributed by atoms with Crippen LogP contribution in [0.4, 0.5) is 0 Å². The number of carbonyl (C=O) groups excluding carboxylic acids is 6. The number of aryl methyl sites for hydroxylation is 5. The van der Waals surface area contributed by atoms with Gasteiger partial charge in [-0.2, -0.15) is 11.8 Å². The second-order valence-electron chi connectivity index (χ2n) is 34.0. The summed E-state index contributed by atoms with van der Waals surface area (Å²) in [6, 6.07) is 28.2. The van der Waals surface area contributed by atoms with E-state index < -0.39 is 12.1 Å². The number of ether oxygens (including phenoxy) is 4. The van der Waals surface area contributed by atoms with Crippen LogP contribution in [0, 0.1) is 63.2 Å². The molecule has 17 rings (SSSR count). The minimum absolute atomic E-state index is 0.00760. The number of rotatable bonds is 35. The number of methoxy groups -OCH3 is 2. The first-order chi connectivity index (χ1) is 60.4. The molecule has 2 saturated carbocycles. The fraction of sp³-hybridized carbons (Fsp3) is 0.452. The van der Waals surface area contributed by atoms with Crippen molar-refractivity contribution < 1.29 is 61.2 Å². The van der Waals surface area contributed by atoms with Gasteiger partial charge >= 0.3 is 0 Å². The van der Waals surface area contributed by atoms with E-state index in [-0.39, 0.29) is 88.8 Å². The van der Waals surface area contributed by atoms with Crippen molar-refractivity contribution in [2.45, 2.75) is 130 Å². The lowest BCUT2D eigenvalue weighted by molar-refractivity contribution is -0.131. The van der Waals surface area contributed by atoms with Crippen molar-refractivity contribution in [1.29, 1.82) is 0 Å². The van der Waals surface area contributed by atoms with Crippen LogP contribution in [0.2, 0.25) is 0 Å². The number of aromatic amines is 3. The molecule has 125 heavy (non-hydrogen) atoms. The average Bonchev–Trinajstić information content (AvgIpc) is 1.59. The first kappa shape index (κ1) is 88.2. The summed E-state index contributed by atoms with van der Waals surface area (Å²) in [5, 5.41) is 20.3. The van der Waals surface area contributed by atoms with Gasteiger partial charge in [0.2, 0.25) is 23.5 Å². The second kappa shape index (κ2) is 39.7. The van der Waals surface area contributed by atoms with E-state index in [1.807, 2.05) is 101 Å². The van der Waals surface area contributed by atoms with E-state index in [0.717, 1.165) is 160 Å². The van der Waals surface area contributed by atoms with Crippen molar-refractivity contribution >= 4 is 79.5 Å². The van der Waals surface area contributed by atoms with Crippen LogP contribution in [0.15, 0.2) is 136 Å². The average molecular weight is 1720 g/mol. The Morgan fingerprint density at radius 1 is 0.512 bits per heavy atom. The molecule has 9 aromatic heterocycles. The number of amides is 3. The number of hydrogen-bond donors (Lipinski definition) is 6. The highest BCUT2D eigenvalue weighted by molar-refractivity contribution is 7.99. The Bertz CT molecular complexity index is 5790. The van der Waals surface area contributed by atoms with Crippen LogP contribution in [0.1, 0.15) is 173 Å². The number of piperidine rings is 2. The van der Waals surface area contributed by atoms with Crippen LogP contribution < -0.4 is 25.4 Å². The summed E-state index contributed by atoms with van der Waals surface area (Å²) in [6.45, 7) is 16.1. The number of imidazole rings is 3. The Kier molecular flexibility index (Phi) is 28.0. The largest absolute Gasteiger partial charge is 0.496 e. The Hall–Kier alpha value is -11.7. The molecule has 6 N–H and O–H groups in total. The van der Waals surface area contributed by atoms with E-state index in [1.165, 1.54) is 12.5 Å². The molecule has 0 radical (unpaired) electrons. The molecule has 31 nitrogen and oxygen atoms in total. The third-order valence-electron chi connectivity index (χ3n) is 24.6. The number of fused-ring (bicyclic) bond motifs is 3. The summed E-state index contributed by atoms with van der Waals surface area (Å²) in [5.41, 5.74) is 11.6. The van der Waals surface area contributed by atoms with Gasteiger partial charge in [0.25, 0.3) is 5.89 Å². The monoisotopic (exact) mass is 1720 g/mol. The Labute approximate surface area is 729 Å².